The molecular weight excluding hydrogens is 247 g/mol. The molecule has 5 nitrogen and oxygen atoms in total. The topological polar surface area (TPSA) is 55.6 Å². The molecule has 0 aliphatic carbocycles. The maximum absolute atomic E-state index is 12.4. The molecule has 0 aliphatic heterocycles. The Morgan fingerprint density at radius 1 is 1.33 bits per heavy atom. The number of rotatable bonds is 3. The monoisotopic (exact) mass is 257 g/mol. The Balaban J connectivity index is 2.31. The van der Waals surface area contributed by atoms with Crippen LogP contribution < -0.4 is 5.32 Å². The van der Waals surface area contributed by atoms with E-state index in [9.17, 15) is 13.2 Å². The van der Waals surface area contributed by atoms with E-state index in [1.165, 1.54) is 18.6 Å². The third-order valence-electron chi connectivity index (χ3n) is 2.09. The number of aromatic nitrogens is 4. The normalized spacial score (nSPS) is 11.6. The first kappa shape index (κ1) is 12.3. The van der Waals surface area contributed by atoms with Gasteiger partial charge in [-0.15, -0.1) is 0 Å². The van der Waals surface area contributed by atoms with Gasteiger partial charge in [-0.05, 0) is 13.0 Å². The molecule has 2 aromatic rings. The Kier molecular flexibility index (Phi) is 3.17. The lowest BCUT2D eigenvalue weighted by atomic mass is 10.4. The van der Waals surface area contributed by atoms with Crippen molar-refractivity contribution in [3.05, 3.63) is 30.4 Å². The van der Waals surface area contributed by atoms with Crippen LogP contribution in [0.3, 0.4) is 0 Å². The maximum Gasteiger partial charge on any atom is 0.435 e. The molecule has 1 N–H and O–H groups in total. The van der Waals surface area contributed by atoms with E-state index in [-0.39, 0.29) is 5.82 Å². The molecule has 18 heavy (non-hydrogen) atoms. The molecule has 2 rings (SSSR count). The van der Waals surface area contributed by atoms with Gasteiger partial charge in [-0.2, -0.15) is 18.3 Å². The van der Waals surface area contributed by atoms with E-state index >= 15 is 0 Å². The average Bonchev–Trinajstić information content (AvgIpc) is 2.78. The van der Waals surface area contributed by atoms with Crippen LogP contribution in [0.4, 0.5) is 19.0 Å². The van der Waals surface area contributed by atoms with Gasteiger partial charge in [0.25, 0.3) is 0 Å². The molecule has 2 heterocycles. The number of nitrogens with one attached hydrogen (secondary N) is 1. The van der Waals surface area contributed by atoms with E-state index in [0.717, 1.165) is 10.7 Å². The van der Waals surface area contributed by atoms with Gasteiger partial charge in [-0.1, -0.05) is 0 Å². The summed E-state index contributed by atoms with van der Waals surface area (Å²) in [5.74, 6) is 0.711. The second kappa shape index (κ2) is 4.63. The highest BCUT2D eigenvalue weighted by molar-refractivity contribution is 5.35. The van der Waals surface area contributed by atoms with Gasteiger partial charge in [-0.3, -0.25) is 4.98 Å². The minimum absolute atomic E-state index is 0.226. The lowest BCUT2D eigenvalue weighted by Gasteiger charge is -2.05. The molecular formula is C10H10F3N5. The maximum atomic E-state index is 12.4. The molecule has 0 unspecified atom stereocenters. The van der Waals surface area contributed by atoms with Crippen molar-refractivity contribution in [2.75, 3.05) is 11.9 Å². The SMILES string of the molecule is CCNc1cncc(-n2ccc(C(F)(F)F)n2)n1. The summed E-state index contributed by atoms with van der Waals surface area (Å²) in [4.78, 5) is 7.97. The van der Waals surface area contributed by atoms with Crippen molar-refractivity contribution in [2.24, 2.45) is 0 Å². The van der Waals surface area contributed by atoms with Crippen molar-refractivity contribution in [1.29, 1.82) is 0 Å². The number of alkyl halides is 3. The standard InChI is InChI=1S/C10H10F3N5/c1-2-15-8-5-14-6-9(16-8)18-4-3-7(17-18)10(11,12)13/h3-6H,2H2,1H3,(H,15,16). The van der Waals surface area contributed by atoms with E-state index in [0.29, 0.717) is 12.4 Å². The molecule has 0 spiro atoms. The van der Waals surface area contributed by atoms with E-state index in [1.54, 1.807) is 0 Å². The smallest absolute Gasteiger partial charge is 0.369 e. The van der Waals surface area contributed by atoms with Gasteiger partial charge in [-0.25, -0.2) is 9.67 Å². The Morgan fingerprint density at radius 3 is 2.72 bits per heavy atom. The van der Waals surface area contributed by atoms with Gasteiger partial charge >= 0.3 is 6.18 Å². The minimum Gasteiger partial charge on any atom is -0.369 e. The molecule has 8 heteroatoms. The second-order valence-electron chi connectivity index (χ2n) is 3.44. The summed E-state index contributed by atoms with van der Waals surface area (Å²) in [6.07, 6.45) is -0.435. The number of halogens is 3. The summed E-state index contributed by atoms with van der Waals surface area (Å²) < 4.78 is 38.2. The zero-order chi connectivity index (χ0) is 13.2. The van der Waals surface area contributed by atoms with Crippen LogP contribution in [-0.4, -0.2) is 26.3 Å². The number of hydrogen-bond acceptors (Lipinski definition) is 4. The van der Waals surface area contributed by atoms with Crippen molar-refractivity contribution >= 4 is 5.82 Å². The largest absolute Gasteiger partial charge is 0.435 e. The Labute approximate surface area is 101 Å². The van der Waals surface area contributed by atoms with Crippen LogP contribution in [0, 0.1) is 0 Å². The quantitative estimate of drug-likeness (QED) is 0.915. The lowest BCUT2D eigenvalue weighted by Crippen LogP contribution is -2.09. The van der Waals surface area contributed by atoms with E-state index in [1.807, 2.05) is 6.92 Å². The molecule has 2 aromatic heterocycles. The summed E-state index contributed by atoms with van der Waals surface area (Å²) in [5.41, 5.74) is -0.960. The Morgan fingerprint density at radius 2 is 2.11 bits per heavy atom. The van der Waals surface area contributed by atoms with E-state index < -0.39 is 11.9 Å². The summed E-state index contributed by atoms with van der Waals surface area (Å²) in [5, 5.41) is 6.33. The van der Waals surface area contributed by atoms with Crippen molar-refractivity contribution < 1.29 is 13.2 Å². The van der Waals surface area contributed by atoms with Crippen molar-refractivity contribution in [1.82, 2.24) is 19.7 Å². The minimum atomic E-state index is -4.46. The third kappa shape index (κ3) is 2.58. The fourth-order valence-electron chi connectivity index (χ4n) is 1.34. The number of nitrogens with zero attached hydrogens (tertiary/aromatic N) is 4. The fraction of sp³-hybridized carbons (Fsp3) is 0.300. The molecule has 0 radical (unpaired) electrons. The molecule has 96 valence electrons. The van der Waals surface area contributed by atoms with Gasteiger partial charge < -0.3 is 5.32 Å². The Hall–Kier alpha value is -2.12. The van der Waals surface area contributed by atoms with Crippen LogP contribution in [0.2, 0.25) is 0 Å². The molecule has 0 saturated carbocycles. The Bertz CT molecular complexity index is 534. The second-order valence-corrected chi connectivity index (χ2v) is 3.44. The first-order valence-electron chi connectivity index (χ1n) is 5.20. The van der Waals surface area contributed by atoms with Crippen LogP contribution in [0.1, 0.15) is 12.6 Å². The third-order valence-corrected chi connectivity index (χ3v) is 2.09. The summed E-state index contributed by atoms with van der Waals surface area (Å²) in [6, 6.07) is 0.890. The zero-order valence-electron chi connectivity index (χ0n) is 9.44. The molecule has 0 fully saturated rings. The highest BCUT2D eigenvalue weighted by Gasteiger charge is 2.33. The van der Waals surface area contributed by atoms with Crippen LogP contribution >= 0.6 is 0 Å². The first-order chi connectivity index (χ1) is 8.50. The number of anilines is 1. The van der Waals surface area contributed by atoms with Gasteiger partial charge in [0.1, 0.15) is 5.82 Å². The zero-order valence-corrected chi connectivity index (χ0v) is 9.44. The average molecular weight is 257 g/mol. The van der Waals surface area contributed by atoms with Crippen molar-refractivity contribution in [3.8, 4) is 5.82 Å². The highest BCUT2D eigenvalue weighted by atomic mass is 19.4. The van der Waals surface area contributed by atoms with Gasteiger partial charge in [0.2, 0.25) is 0 Å². The van der Waals surface area contributed by atoms with Crippen LogP contribution in [-0.2, 0) is 6.18 Å². The van der Waals surface area contributed by atoms with E-state index in [2.05, 4.69) is 20.4 Å². The van der Waals surface area contributed by atoms with Gasteiger partial charge in [0.15, 0.2) is 11.5 Å². The van der Waals surface area contributed by atoms with Crippen LogP contribution in [0.25, 0.3) is 5.82 Å². The molecule has 0 bridgehead atoms. The number of hydrogen-bond donors (Lipinski definition) is 1. The predicted molar refractivity (Wildman–Crippen MR) is 58.3 cm³/mol. The highest BCUT2D eigenvalue weighted by Crippen LogP contribution is 2.27. The predicted octanol–water partition coefficient (Wildman–Crippen LogP) is 2.11. The molecule has 0 saturated heterocycles. The molecule has 0 aromatic carbocycles. The van der Waals surface area contributed by atoms with Gasteiger partial charge in [0, 0.05) is 12.7 Å². The summed E-state index contributed by atoms with van der Waals surface area (Å²) in [7, 11) is 0. The van der Waals surface area contributed by atoms with Crippen molar-refractivity contribution in [3.63, 3.8) is 0 Å². The first-order valence-corrected chi connectivity index (χ1v) is 5.20. The molecule has 0 aliphatic rings. The molecule has 0 amide bonds. The molecule has 0 atom stereocenters. The summed E-state index contributed by atoms with van der Waals surface area (Å²) >= 11 is 0. The van der Waals surface area contributed by atoms with Crippen LogP contribution in [0.15, 0.2) is 24.7 Å². The summed E-state index contributed by atoms with van der Waals surface area (Å²) in [6.45, 7) is 2.52. The van der Waals surface area contributed by atoms with Gasteiger partial charge in [0.05, 0.1) is 12.4 Å². The van der Waals surface area contributed by atoms with Crippen molar-refractivity contribution in [2.45, 2.75) is 13.1 Å². The lowest BCUT2D eigenvalue weighted by molar-refractivity contribution is -0.141. The van der Waals surface area contributed by atoms with Crippen LogP contribution in [0.5, 0.6) is 0 Å². The van der Waals surface area contributed by atoms with E-state index in [4.69, 9.17) is 0 Å². The fourth-order valence-corrected chi connectivity index (χ4v) is 1.34.